The summed E-state index contributed by atoms with van der Waals surface area (Å²) in [6.07, 6.45) is 7.63. The highest BCUT2D eigenvalue weighted by molar-refractivity contribution is 5.79. The zero-order valence-corrected chi connectivity index (χ0v) is 17.0. The van der Waals surface area contributed by atoms with E-state index in [9.17, 15) is 0 Å². The van der Waals surface area contributed by atoms with Crippen molar-refractivity contribution in [3.8, 4) is 5.88 Å². The van der Waals surface area contributed by atoms with Gasteiger partial charge in [0.1, 0.15) is 0 Å². The maximum atomic E-state index is 5.79. The largest absolute Gasteiger partial charge is 0.477 e. The summed E-state index contributed by atoms with van der Waals surface area (Å²) in [5.41, 5.74) is 1.10. The lowest BCUT2D eigenvalue weighted by Crippen LogP contribution is -2.37. The van der Waals surface area contributed by atoms with E-state index < -0.39 is 0 Å². The van der Waals surface area contributed by atoms with Gasteiger partial charge in [0.05, 0.1) is 6.61 Å². The molecule has 0 unspecified atom stereocenters. The molecule has 2 N–H and O–H groups in total. The third kappa shape index (κ3) is 8.02. The molecule has 7 heteroatoms. The van der Waals surface area contributed by atoms with E-state index in [1.807, 2.05) is 18.3 Å². The fourth-order valence-corrected chi connectivity index (χ4v) is 3.04. The summed E-state index contributed by atoms with van der Waals surface area (Å²) in [4.78, 5) is 8.63. The van der Waals surface area contributed by atoms with Crippen LogP contribution in [0, 0.1) is 11.8 Å². The Morgan fingerprint density at radius 1 is 1.14 bits per heavy atom. The first-order valence-corrected chi connectivity index (χ1v) is 10.5. The molecule has 2 aliphatic rings. The molecule has 1 aliphatic heterocycles. The van der Waals surface area contributed by atoms with Gasteiger partial charge >= 0.3 is 0 Å². The van der Waals surface area contributed by atoms with Gasteiger partial charge in [0.15, 0.2) is 5.96 Å². The molecule has 1 aliphatic carbocycles. The van der Waals surface area contributed by atoms with Gasteiger partial charge in [0.25, 0.3) is 0 Å². The van der Waals surface area contributed by atoms with Crippen molar-refractivity contribution < 1.29 is 14.2 Å². The molecular formula is C21H34N4O3. The van der Waals surface area contributed by atoms with E-state index in [0.29, 0.717) is 18.3 Å². The van der Waals surface area contributed by atoms with Gasteiger partial charge in [0, 0.05) is 58.8 Å². The second-order valence-corrected chi connectivity index (χ2v) is 7.60. The van der Waals surface area contributed by atoms with Gasteiger partial charge in [-0.15, -0.1) is 0 Å². The lowest BCUT2D eigenvalue weighted by atomic mass is 10.0. The van der Waals surface area contributed by atoms with E-state index in [-0.39, 0.29) is 0 Å². The molecule has 2 fully saturated rings. The number of hydrogen-bond donors (Lipinski definition) is 2. The predicted octanol–water partition coefficient (Wildman–Crippen LogP) is 2.37. The Morgan fingerprint density at radius 3 is 2.68 bits per heavy atom. The third-order valence-electron chi connectivity index (χ3n) is 5.10. The minimum atomic E-state index is 0.662. The number of aliphatic imine (C=N–C) groups is 1. The number of nitrogens with one attached hydrogen (secondary N) is 2. The Bertz CT molecular complexity index is 584. The van der Waals surface area contributed by atoms with Crippen LogP contribution in [0.2, 0.25) is 0 Å². The summed E-state index contributed by atoms with van der Waals surface area (Å²) in [6, 6.07) is 3.98. The zero-order valence-electron chi connectivity index (χ0n) is 17.0. The fraction of sp³-hybridized carbons (Fsp3) is 0.714. The summed E-state index contributed by atoms with van der Waals surface area (Å²) in [5, 5.41) is 6.63. The predicted molar refractivity (Wildman–Crippen MR) is 110 cm³/mol. The molecular weight excluding hydrogens is 356 g/mol. The second-order valence-electron chi connectivity index (χ2n) is 7.60. The highest BCUT2D eigenvalue weighted by Gasteiger charge is 2.22. The van der Waals surface area contributed by atoms with E-state index in [1.54, 1.807) is 7.05 Å². The Labute approximate surface area is 168 Å². The van der Waals surface area contributed by atoms with Crippen molar-refractivity contribution in [3.05, 3.63) is 23.9 Å². The highest BCUT2D eigenvalue weighted by atomic mass is 16.5. The van der Waals surface area contributed by atoms with Crippen LogP contribution in [0.15, 0.2) is 23.3 Å². The minimum Gasteiger partial charge on any atom is -0.477 e. The van der Waals surface area contributed by atoms with E-state index in [1.165, 1.54) is 12.8 Å². The lowest BCUT2D eigenvalue weighted by Gasteiger charge is -2.21. The number of hydrogen-bond acceptors (Lipinski definition) is 5. The first kappa shape index (κ1) is 20.9. The Balaban J connectivity index is 1.23. The number of aromatic nitrogens is 1. The molecule has 2 heterocycles. The van der Waals surface area contributed by atoms with Crippen LogP contribution in [0.3, 0.4) is 0 Å². The van der Waals surface area contributed by atoms with Crippen LogP contribution < -0.4 is 15.4 Å². The van der Waals surface area contributed by atoms with Gasteiger partial charge in [-0.1, -0.05) is 6.07 Å². The minimum absolute atomic E-state index is 0.662. The van der Waals surface area contributed by atoms with Gasteiger partial charge in [-0.3, -0.25) is 4.99 Å². The van der Waals surface area contributed by atoms with Crippen LogP contribution in [0.25, 0.3) is 0 Å². The van der Waals surface area contributed by atoms with Crippen molar-refractivity contribution in [1.82, 2.24) is 15.6 Å². The monoisotopic (exact) mass is 390 g/mol. The molecule has 1 saturated carbocycles. The van der Waals surface area contributed by atoms with Crippen molar-refractivity contribution in [2.75, 3.05) is 46.6 Å². The zero-order chi connectivity index (χ0) is 19.4. The lowest BCUT2D eigenvalue weighted by molar-refractivity contribution is 0.0203. The van der Waals surface area contributed by atoms with Crippen LogP contribution in [0.1, 0.15) is 37.7 Å². The molecule has 0 radical (unpaired) electrons. The second kappa shape index (κ2) is 11.9. The SMILES string of the molecule is CN=C(NCCCOCC1CCOCC1)NCc1ccc(OCC2CC2)nc1. The summed E-state index contributed by atoms with van der Waals surface area (Å²) in [7, 11) is 1.78. The van der Waals surface area contributed by atoms with Crippen LogP contribution >= 0.6 is 0 Å². The van der Waals surface area contributed by atoms with Crippen molar-refractivity contribution >= 4 is 5.96 Å². The molecule has 3 rings (SSSR count). The van der Waals surface area contributed by atoms with E-state index in [0.717, 1.165) is 76.3 Å². The van der Waals surface area contributed by atoms with E-state index >= 15 is 0 Å². The summed E-state index contributed by atoms with van der Waals surface area (Å²) >= 11 is 0. The molecule has 7 nitrogen and oxygen atoms in total. The Hall–Kier alpha value is -1.86. The summed E-state index contributed by atoms with van der Waals surface area (Å²) < 4.78 is 16.8. The quantitative estimate of drug-likeness (QED) is 0.343. The third-order valence-corrected chi connectivity index (χ3v) is 5.10. The van der Waals surface area contributed by atoms with Gasteiger partial charge < -0.3 is 24.8 Å². The molecule has 1 aromatic rings. The topological polar surface area (TPSA) is 77.0 Å². The number of guanidine groups is 1. The Kier molecular flexibility index (Phi) is 8.84. The van der Waals surface area contributed by atoms with Crippen molar-refractivity contribution in [3.63, 3.8) is 0 Å². The van der Waals surface area contributed by atoms with E-state index in [2.05, 4.69) is 20.6 Å². The van der Waals surface area contributed by atoms with Gasteiger partial charge in [-0.25, -0.2) is 4.98 Å². The molecule has 0 atom stereocenters. The number of ether oxygens (including phenoxy) is 3. The van der Waals surface area contributed by atoms with E-state index in [4.69, 9.17) is 14.2 Å². The first-order valence-electron chi connectivity index (χ1n) is 10.5. The van der Waals surface area contributed by atoms with Crippen LogP contribution in [-0.4, -0.2) is 57.6 Å². The molecule has 156 valence electrons. The highest BCUT2D eigenvalue weighted by Crippen LogP contribution is 2.29. The number of nitrogens with zero attached hydrogens (tertiary/aromatic N) is 2. The first-order chi connectivity index (χ1) is 13.8. The van der Waals surface area contributed by atoms with Crippen LogP contribution in [-0.2, 0) is 16.0 Å². The fourth-order valence-electron chi connectivity index (χ4n) is 3.04. The molecule has 1 aromatic heterocycles. The standard InChI is InChI=1S/C21H34N4O3/c1-22-21(23-9-2-10-27-15-18-7-11-26-12-8-18)25-14-19-5-6-20(24-13-19)28-16-17-3-4-17/h5-6,13,17-18H,2-4,7-12,14-16H2,1H3,(H2,22,23,25). The Morgan fingerprint density at radius 2 is 1.96 bits per heavy atom. The number of rotatable bonds is 11. The average molecular weight is 391 g/mol. The van der Waals surface area contributed by atoms with Crippen molar-refractivity contribution in [2.45, 2.75) is 38.6 Å². The molecule has 0 bridgehead atoms. The summed E-state index contributed by atoms with van der Waals surface area (Å²) in [5.74, 6) is 2.90. The molecule has 0 spiro atoms. The normalized spacial score (nSPS) is 18.1. The average Bonchev–Trinajstić information content (AvgIpc) is 3.57. The van der Waals surface area contributed by atoms with Crippen LogP contribution in [0.5, 0.6) is 5.88 Å². The molecule has 1 saturated heterocycles. The van der Waals surface area contributed by atoms with Gasteiger partial charge in [-0.2, -0.15) is 0 Å². The van der Waals surface area contributed by atoms with Crippen LogP contribution in [0.4, 0.5) is 0 Å². The van der Waals surface area contributed by atoms with Crippen molar-refractivity contribution in [2.24, 2.45) is 16.8 Å². The smallest absolute Gasteiger partial charge is 0.213 e. The molecule has 28 heavy (non-hydrogen) atoms. The maximum absolute atomic E-state index is 5.79. The molecule has 0 aromatic carbocycles. The summed E-state index contributed by atoms with van der Waals surface area (Å²) in [6.45, 7) is 5.68. The van der Waals surface area contributed by atoms with Gasteiger partial charge in [0.2, 0.25) is 5.88 Å². The van der Waals surface area contributed by atoms with Gasteiger partial charge in [-0.05, 0) is 49.5 Å². The van der Waals surface area contributed by atoms with Crippen molar-refractivity contribution in [1.29, 1.82) is 0 Å². The molecule has 0 amide bonds. The maximum Gasteiger partial charge on any atom is 0.213 e. The number of pyridine rings is 1.